The van der Waals surface area contributed by atoms with Crippen LogP contribution in [-0.2, 0) is 0 Å². The van der Waals surface area contributed by atoms with Crippen LogP contribution in [0.4, 0.5) is 0 Å². The molecule has 1 heterocycles. The summed E-state index contributed by atoms with van der Waals surface area (Å²) in [5.41, 5.74) is 3.79. The van der Waals surface area contributed by atoms with Gasteiger partial charge in [0.2, 0.25) is 0 Å². The standard InChI is InChI=1S/C13H15N/c1-11-7-5-6-10-14-13-9-4-2-3-8-12(11)13/h2-3,5-7,10,14H,1,4,8-9H2/b7-5-,10-6-. The molecule has 1 aliphatic carbocycles. The number of rotatable bonds is 0. The van der Waals surface area contributed by atoms with Crippen molar-refractivity contribution >= 4 is 0 Å². The largest absolute Gasteiger partial charge is 0.365 e. The Kier molecular flexibility index (Phi) is 2.68. The first kappa shape index (κ1) is 9.07. The Labute approximate surface area is 85.2 Å². The molecule has 2 rings (SSSR count). The molecular formula is C13H15N. The summed E-state index contributed by atoms with van der Waals surface area (Å²) in [6.45, 7) is 4.09. The molecule has 0 bridgehead atoms. The molecule has 0 aromatic carbocycles. The molecule has 0 spiro atoms. The Hall–Kier alpha value is -1.50. The Morgan fingerprint density at radius 2 is 2.14 bits per heavy atom. The van der Waals surface area contributed by atoms with Crippen molar-refractivity contribution in [1.29, 1.82) is 0 Å². The fraction of sp³-hybridized carbons (Fsp3) is 0.231. The molecule has 0 atom stereocenters. The first-order valence-corrected chi connectivity index (χ1v) is 5.04. The third-order valence-corrected chi connectivity index (χ3v) is 2.56. The second-order valence-electron chi connectivity index (χ2n) is 3.56. The van der Waals surface area contributed by atoms with Crippen LogP contribution in [0, 0.1) is 0 Å². The van der Waals surface area contributed by atoms with E-state index >= 15 is 0 Å². The molecule has 0 saturated heterocycles. The Morgan fingerprint density at radius 3 is 3.07 bits per heavy atom. The van der Waals surface area contributed by atoms with Crippen LogP contribution in [0.25, 0.3) is 0 Å². The molecular weight excluding hydrogens is 170 g/mol. The van der Waals surface area contributed by atoms with Crippen LogP contribution in [-0.4, -0.2) is 0 Å². The zero-order chi connectivity index (χ0) is 9.80. The smallest absolute Gasteiger partial charge is 0.0191 e. The zero-order valence-electron chi connectivity index (χ0n) is 8.29. The predicted molar refractivity (Wildman–Crippen MR) is 60.6 cm³/mol. The van der Waals surface area contributed by atoms with E-state index in [0.29, 0.717) is 0 Å². The van der Waals surface area contributed by atoms with Gasteiger partial charge in [0.25, 0.3) is 0 Å². The second-order valence-corrected chi connectivity index (χ2v) is 3.56. The van der Waals surface area contributed by atoms with Gasteiger partial charge < -0.3 is 5.32 Å². The quantitative estimate of drug-likeness (QED) is 0.571. The number of allylic oxidation sites excluding steroid dienone is 8. The minimum atomic E-state index is 0.999. The van der Waals surface area contributed by atoms with Crippen LogP contribution in [0.2, 0.25) is 0 Å². The molecule has 0 radical (unpaired) electrons. The van der Waals surface area contributed by atoms with E-state index in [1.165, 1.54) is 11.3 Å². The van der Waals surface area contributed by atoms with E-state index in [9.17, 15) is 0 Å². The van der Waals surface area contributed by atoms with Gasteiger partial charge in [-0.25, -0.2) is 0 Å². The van der Waals surface area contributed by atoms with Gasteiger partial charge >= 0.3 is 0 Å². The van der Waals surface area contributed by atoms with Crippen LogP contribution in [0.1, 0.15) is 19.3 Å². The summed E-state index contributed by atoms with van der Waals surface area (Å²) in [6.07, 6.45) is 15.8. The van der Waals surface area contributed by atoms with E-state index in [-0.39, 0.29) is 0 Å². The summed E-state index contributed by atoms with van der Waals surface area (Å²) in [6, 6.07) is 0. The van der Waals surface area contributed by atoms with Crippen molar-refractivity contribution in [2.24, 2.45) is 0 Å². The van der Waals surface area contributed by atoms with Crippen LogP contribution >= 0.6 is 0 Å². The molecule has 0 saturated carbocycles. The molecule has 0 fully saturated rings. The molecule has 2 aliphatic rings. The highest BCUT2D eigenvalue weighted by Gasteiger charge is 2.09. The number of hydrogen-bond acceptors (Lipinski definition) is 1. The summed E-state index contributed by atoms with van der Waals surface area (Å²) in [5.74, 6) is 0. The van der Waals surface area contributed by atoms with E-state index in [1.54, 1.807) is 0 Å². The molecule has 0 amide bonds. The van der Waals surface area contributed by atoms with Crippen molar-refractivity contribution in [3.05, 3.63) is 60.0 Å². The Balaban J connectivity index is 2.36. The minimum absolute atomic E-state index is 0.999. The predicted octanol–water partition coefficient (Wildman–Crippen LogP) is 3.21. The lowest BCUT2D eigenvalue weighted by atomic mass is 10.00. The maximum absolute atomic E-state index is 4.09. The normalized spacial score (nSPS) is 25.6. The van der Waals surface area contributed by atoms with Crippen LogP contribution in [0.5, 0.6) is 0 Å². The van der Waals surface area contributed by atoms with Gasteiger partial charge in [-0.2, -0.15) is 0 Å². The van der Waals surface area contributed by atoms with Crippen molar-refractivity contribution in [3.8, 4) is 0 Å². The Morgan fingerprint density at radius 1 is 1.21 bits per heavy atom. The molecule has 14 heavy (non-hydrogen) atoms. The van der Waals surface area contributed by atoms with Crippen molar-refractivity contribution < 1.29 is 0 Å². The molecule has 1 heteroatoms. The average molecular weight is 185 g/mol. The Bertz CT molecular complexity index is 353. The molecule has 72 valence electrons. The third-order valence-electron chi connectivity index (χ3n) is 2.56. The van der Waals surface area contributed by atoms with E-state index in [4.69, 9.17) is 0 Å². The maximum atomic E-state index is 4.09. The van der Waals surface area contributed by atoms with Gasteiger partial charge in [0, 0.05) is 11.9 Å². The van der Waals surface area contributed by atoms with Crippen LogP contribution < -0.4 is 5.32 Å². The highest BCUT2D eigenvalue weighted by atomic mass is 14.9. The minimum Gasteiger partial charge on any atom is -0.365 e. The first-order valence-electron chi connectivity index (χ1n) is 5.04. The second kappa shape index (κ2) is 4.14. The van der Waals surface area contributed by atoms with Gasteiger partial charge in [0.05, 0.1) is 0 Å². The average Bonchev–Trinajstić information content (AvgIpc) is 2.39. The highest BCUT2D eigenvalue weighted by molar-refractivity contribution is 5.44. The molecule has 0 unspecified atom stereocenters. The summed E-state index contributed by atoms with van der Waals surface area (Å²) >= 11 is 0. The van der Waals surface area contributed by atoms with Crippen molar-refractivity contribution in [3.63, 3.8) is 0 Å². The third kappa shape index (κ3) is 1.87. The molecule has 1 aliphatic heterocycles. The van der Waals surface area contributed by atoms with Gasteiger partial charge in [0.1, 0.15) is 0 Å². The molecule has 1 N–H and O–H groups in total. The van der Waals surface area contributed by atoms with Gasteiger partial charge in [-0.15, -0.1) is 0 Å². The van der Waals surface area contributed by atoms with Crippen LogP contribution in [0.3, 0.4) is 0 Å². The van der Waals surface area contributed by atoms with Gasteiger partial charge in [-0.3, -0.25) is 0 Å². The summed E-state index contributed by atoms with van der Waals surface area (Å²) < 4.78 is 0. The zero-order valence-corrected chi connectivity index (χ0v) is 8.29. The van der Waals surface area contributed by atoms with Gasteiger partial charge in [-0.1, -0.05) is 30.9 Å². The maximum Gasteiger partial charge on any atom is 0.0191 e. The fourth-order valence-electron chi connectivity index (χ4n) is 1.78. The van der Waals surface area contributed by atoms with E-state index in [0.717, 1.165) is 24.8 Å². The van der Waals surface area contributed by atoms with Crippen molar-refractivity contribution in [2.75, 3.05) is 0 Å². The number of hydrogen-bond donors (Lipinski definition) is 1. The van der Waals surface area contributed by atoms with Gasteiger partial charge in [-0.05, 0) is 36.5 Å². The topological polar surface area (TPSA) is 12.0 Å². The van der Waals surface area contributed by atoms with E-state index in [2.05, 4.69) is 30.1 Å². The fourth-order valence-corrected chi connectivity index (χ4v) is 1.78. The SMILES string of the molecule is C=C1/C=C\C=C/NC2=C1CC=CCC2. The summed E-state index contributed by atoms with van der Waals surface area (Å²) in [4.78, 5) is 0. The molecule has 0 aromatic rings. The van der Waals surface area contributed by atoms with Crippen molar-refractivity contribution in [2.45, 2.75) is 19.3 Å². The summed E-state index contributed by atoms with van der Waals surface area (Å²) in [7, 11) is 0. The summed E-state index contributed by atoms with van der Waals surface area (Å²) in [5, 5.41) is 3.34. The lowest BCUT2D eigenvalue weighted by Crippen LogP contribution is -2.09. The highest BCUT2D eigenvalue weighted by Crippen LogP contribution is 2.24. The van der Waals surface area contributed by atoms with Crippen LogP contribution in [0.15, 0.2) is 60.0 Å². The van der Waals surface area contributed by atoms with Gasteiger partial charge in [0.15, 0.2) is 0 Å². The lowest BCUT2D eigenvalue weighted by Gasteiger charge is -2.14. The monoisotopic (exact) mass is 185 g/mol. The number of nitrogens with one attached hydrogen (secondary N) is 1. The van der Waals surface area contributed by atoms with Crippen molar-refractivity contribution in [1.82, 2.24) is 5.32 Å². The van der Waals surface area contributed by atoms with E-state index in [1.807, 2.05) is 18.4 Å². The van der Waals surface area contributed by atoms with E-state index < -0.39 is 0 Å². The first-order chi connectivity index (χ1) is 6.88. The lowest BCUT2D eigenvalue weighted by molar-refractivity contribution is 0.869. The molecule has 0 aromatic heterocycles. The molecule has 1 nitrogen and oxygen atoms in total.